The van der Waals surface area contributed by atoms with Crippen molar-refractivity contribution in [3.8, 4) is 0 Å². The molecule has 0 saturated carbocycles. The predicted molar refractivity (Wildman–Crippen MR) is 368 cm³/mol. The molecule has 0 aliphatic carbocycles. The van der Waals surface area contributed by atoms with Crippen LogP contribution in [0.3, 0.4) is 0 Å². The zero-order valence-corrected chi connectivity index (χ0v) is 53.6. The normalized spacial score (nSPS) is 11.4. The van der Waals surface area contributed by atoms with Gasteiger partial charge >= 0.3 is 7.80 Å². The van der Waals surface area contributed by atoms with Crippen molar-refractivity contribution in [2.24, 2.45) is 0 Å². The number of hydrogen-bond acceptors (Lipinski definition) is 3. The van der Waals surface area contributed by atoms with Crippen LogP contribution in [0, 0.1) is 6.92 Å². The summed E-state index contributed by atoms with van der Waals surface area (Å²) in [7, 11) is -0.574. The number of benzene rings is 12. The highest BCUT2D eigenvalue weighted by Gasteiger charge is 2.33. The van der Waals surface area contributed by atoms with E-state index in [1.807, 2.05) is 109 Å². The van der Waals surface area contributed by atoms with Gasteiger partial charge in [-0.15, -0.1) is 17.9 Å². The Morgan fingerprint density at radius 1 is 0.456 bits per heavy atom. The van der Waals surface area contributed by atoms with Gasteiger partial charge in [-0.2, -0.15) is 0 Å². The summed E-state index contributed by atoms with van der Waals surface area (Å²) in [6, 6.07) is 83.7. The number of halogens is 2. The van der Waals surface area contributed by atoms with E-state index < -0.39 is 22.8 Å². The van der Waals surface area contributed by atoms with Gasteiger partial charge in [0.25, 0.3) is 0 Å². The van der Waals surface area contributed by atoms with Gasteiger partial charge in [0.15, 0.2) is 17.8 Å². The van der Waals surface area contributed by atoms with Crippen LogP contribution in [0.5, 0.6) is 0 Å². The van der Waals surface area contributed by atoms with Crippen LogP contribution in [0.15, 0.2) is 252 Å². The Labute approximate surface area is 492 Å². The molecule has 0 aliphatic heterocycles. The average molecular weight is 1260 g/mol. The third-order valence-electron chi connectivity index (χ3n) is 14.0. The summed E-state index contributed by atoms with van der Waals surface area (Å²) in [5.41, 5.74) is 1.29. The zero-order chi connectivity index (χ0) is 56.9. The summed E-state index contributed by atoms with van der Waals surface area (Å²) in [6.45, 7) is 14.4. The van der Waals surface area contributed by atoms with Crippen molar-refractivity contribution in [1.82, 2.24) is 4.90 Å². The molecule has 0 aliphatic rings. The number of rotatable bonds is 8. The molecular weight excluding hydrogens is 1190 g/mol. The minimum atomic E-state index is -3.17. The van der Waals surface area contributed by atoms with Crippen LogP contribution < -0.4 is 26.5 Å². The summed E-state index contributed by atoms with van der Waals surface area (Å²) >= 11 is 7.29. The van der Waals surface area contributed by atoms with Crippen molar-refractivity contribution in [3.05, 3.63) is 257 Å². The van der Waals surface area contributed by atoms with Gasteiger partial charge in [0.2, 0.25) is 0 Å². The maximum Gasteiger partial charge on any atom is 0.415 e. The largest absolute Gasteiger partial charge is 0.415 e. The summed E-state index contributed by atoms with van der Waals surface area (Å²) < 4.78 is 36.8. The summed E-state index contributed by atoms with van der Waals surface area (Å²) in [4.78, 5) is 2.46. The molecule has 0 heterocycles. The van der Waals surface area contributed by atoms with Gasteiger partial charge in [-0.3, -0.25) is 4.90 Å². The molecular formula is C69H67Br2NO2P5+. The van der Waals surface area contributed by atoms with Crippen LogP contribution >= 0.6 is 72.6 Å². The first-order valence-corrected chi connectivity index (χ1v) is 35.1. The van der Waals surface area contributed by atoms with Crippen LogP contribution in [0.4, 0.5) is 0 Å². The second-order valence-electron chi connectivity index (χ2n) is 19.8. The first-order valence-electron chi connectivity index (χ1n) is 26.9. The molecule has 0 bridgehead atoms. The zero-order valence-electron chi connectivity index (χ0n) is 46.5. The van der Waals surface area contributed by atoms with E-state index in [0.717, 1.165) is 80.6 Å². The standard InChI is InChI=1S/C30H20BrOP.C20H14OP.C11H9Br.C8H19N.H5P3/c31-29-19-25-11-5-6-12-26(25)20-30(29)33(32,27-15-13-21-7-1-3-9-23(21)17-27)28-16-14-22-8-2-4-10-24(22)18-28;21-22(19-11-9-15-5-1-3-7-17(15)13-19)20-12-10-16-6-2-4-8-18(16)14-20;1-8-6-9-4-2-3-5-10(9)7-11(8)12;1-6-9(7(2)3)8(4)5;1-3-2/h1-20H;1-14H;2-7H,1H3;7-8H,6H2,1-5H3;3H,1-2H2/q;+1;;;/i;;;;3D. The maximum absolute atomic E-state index is 15.3. The van der Waals surface area contributed by atoms with Gasteiger partial charge in [-0.05, 0) is 194 Å². The lowest BCUT2D eigenvalue weighted by molar-refractivity contribution is 0.185. The second kappa shape index (κ2) is 28.4. The molecule has 0 amide bonds. The van der Waals surface area contributed by atoms with Crippen molar-refractivity contribution in [1.29, 1.82) is 1.28 Å². The molecule has 2 atom stereocenters. The molecule has 10 heteroatoms. The van der Waals surface area contributed by atoms with Crippen molar-refractivity contribution < 1.29 is 9.13 Å². The van der Waals surface area contributed by atoms with E-state index in [9.17, 15) is 4.57 Å². The molecule has 0 spiro atoms. The van der Waals surface area contributed by atoms with Crippen LogP contribution in [0.2, 0.25) is 0 Å². The quantitative estimate of drug-likeness (QED) is 0.142. The van der Waals surface area contributed by atoms with Crippen molar-refractivity contribution in [2.45, 2.75) is 53.6 Å². The fraction of sp³-hybridized carbons (Fsp3) is 0.130. The number of aryl methyl sites for hydroxylation is 1. The lowest BCUT2D eigenvalue weighted by Gasteiger charge is -2.28. The van der Waals surface area contributed by atoms with E-state index in [1.54, 1.807) is 0 Å². The van der Waals surface area contributed by atoms with Crippen LogP contribution in [0.1, 0.15) is 40.2 Å². The van der Waals surface area contributed by atoms with Crippen LogP contribution in [0.25, 0.3) is 64.6 Å². The van der Waals surface area contributed by atoms with Crippen LogP contribution in [-0.2, 0) is 9.13 Å². The molecule has 12 aromatic carbocycles. The third kappa shape index (κ3) is 14.8. The Morgan fingerprint density at radius 2 is 0.747 bits per heavy atom. The second-order valence-corrected chi connectivity index (χ2v) is 29.7. The molecule has 0 radical (unpaired) electrons. The fourth-order valence-electron chi connectivity index (χ4n) is 10.0. The topological polar surface area (TPSA) is 37.4 Å². The Morgan fingerprint density at radius 3 is 1.09 bits per heavy atom. The maximum atomic E-state index is 15.3. The van der Waals surface area contributed by atoms with E-state index in [2.05, 4.69) is 230 Å². The number of fused-ring (bicyclic) bond motifs is 6. The highest BCUT2D eigenvalue weighted by Crippen LogP contribution is 2.46. The minimum absolute atomic E-state index is 0.537. The summed E-state index contributed by atoms with van der Waals surface area (Å²) in [5.74, 6) is 0. The first-order chi connectivity index (χ1) is 38.5. The Kier molecular flexibility index (Phi) is 21.0. The molecule has 12 rings (SSSR count). The number of nitrogens with zero attached hydrogens (tertiary/aromatic N) is 1. The van der Waals surface area contributed by atoms with Gasteiger partial charge in [0, 0.05) is 36.9 Å². The molecule has 0 saturated heterocycles. The lowest BCUT2D eigenvalue weighted by atomic mass is 10.1. The average Bonchev–Trinajstić information content (AvgIpc) is 3.66. The lowest BCUT2D eigenvalue weighted by Crippen LogP contribution is -2.36. The smallest absolute Gasteiger partial charge is 0.309 e. The molecule has 3 nitrogen and oxygen atoms in total. The highest BCUT2D eigenvalue weighted by atomic mass is 79.9. The van der Waals surface area contributed by atoms with Crippen molar-refractivity contribution in [3.63, 3.8) is 0 Å². The Hall–Kier alpha value is -5.26. The number of hydrogen-bond donors (Lipinski definition) is 0. The van der Waals surface area contributed by atoms with Crippen molar-refractivity contribution >= 4 is 164 Å². The summed E-state index contributed by atoms with van der Waals surface area (Å²) in [6.07, 6.45) is 0. The third-order valence-corrected chi connectivity index (χ3v) is 20.4. The van der Waals surface area contributed by atoms with Gasteiger partial charge in [-0.1, -0.05) is 211 Å². The monoisotopic (exact) mass is 1260 g/mol. The van der Waals surface area contributed by atoms with Crippen molar-refractivity contribution in [2.75, 3.05) is 6.54 Å². The Balaban J connectivity index is 0.000000153. The molecule has 12 aromatic rings. The Bertz CT molecular complexity index is 3940. The van der Waals surface area contributed by atoms with E-state index >= 15 is 4.57 Å². The fourth-order valence-corrected chi connectivity index (χ4v) is 15.5. The molecule has 398 valence electrons. The van der Waals surface area contributed by atoms with Gasteiger partial charge < -0.3 is 4.57 Å². The molecule has 79 heavy (non-hydrogen) atoms. The predicted octanol–water partition coefficient (Wildman–Crippen LogP) is 19.6. The van der Waals surface area contributed by atoms with E-state index in [-0.39, 0.29) is 0 Å². The van der Waals surface area contributed by atoms with Crippen LogP contribution in [-0.4, -0.2) is 24.8 Å². The van der Waals surface area contributed by atoms with E-state index in [1.165, 1.54) is 31.6 Å². The van der Waals surface area contributed by atoms with Gasteiger partial charge in [0.05, 0.1) is 1.28 Å². The minimum Gasteiger partial charge on any atom is -0.309 e. The molecule has 0 fully saturated rings. The molecule has 0 N–H and O–H groups in total. The molecule has 2 unspecified atom stereocenters. The van der Waals surface area contributed by atoms with E-state index in [4.69, 9.17) is 1.28 Å². The van der Waals surface area contributed by atoms with E-state index in [0.29, 0.717) is 12.1 Å². The molecule has 0 aromatic heterocycles. The first kappa shape index (κ1) is 58.4. The highest BCUT2D eigenvalue weighted by molar-refractivity contribution is 9.11. The van der Waals surface area contributed by atoms with Gasteiger partial charge in [-0.25, -0.2) is 0 Å². The SMILES string of the molecule is CCN(C(C)C)C(C)C.Cc1cc2ccccc2cc1Br.O=P(c1ccc2ccccc2c1)(c1ccc2ccccc2c1)c1cc2ccccc2cc1Br.O=[P+](c1ccc2ccccc2c1)c1ccc2ccccc2c1.[2H]P(P)P. The van der Waals surface area contributed by atoms with Gasteiger partial charge in [0.1, 0.15) is 0 Å². The summed E-state index contributed by atoms with van der Waals surface area (Å²) in [5, 5.41) is 18.1.